The number of anilines is 1. The molecule has 1 aromatic carbocycles. The zero-order valence-corrected chi connectivity index (χ0v) is 30.1. The number of hydrogen-bond donors (Lipinski definition) is 1. The molecule has 2 saturated heterocycles. The Labute approximate surface area is 294 Å². The van der Waals surface area contributed by atoms with E-state index in [4.69, 9.17) is 14.7 Å². The molecule has 11 heteroatoms. The van der Waals surface area contributed by atoms with E-state index in [0.717, 1.165) is 67.8 Å². The molecule has 4 aromatic rings. The van der Waals surface area contributed by atoms with E-state index in [-0.39, 0.29) is 23.5 Å². The van der Waals surface area contributed by atoms with Gasteiger partial charge in [-0.25, -0.2) is 19.3 Å². The number of ether oxygens (including phenoxy) is 1. The summed E-state index contributed by atoms with van der Waals surface area (Å²) in [6.45, 7) is 14.6. The smallest absolute Gasteiger partial charge is 0.410 e. The fourth-order valence-electron chi connectivity index (χ4n) is 7.12. The molecule has 0 aliphatic carbocycles. The maximum Gasteiger partial charge on any atom is 0.410 e. The Kier molecular flexibility index (Phi) is 9.83. The summed E-state index contributed by atoms with van der Waals surface area (Å²) in [5, 5.41) is 17.5. The third kappa shape index (κ3) is 7.30. The summed E-state index contributed by atoms with van der Waals surface area (Å²) in [4.78, 5) is 39.5. The lowest BCUT2D eigenvalue weighted by Crippen LogP contribution is -2.50. The van der Waals surface area contributed by atoms with Crippen molar-refractivity contribution in [2.24, 2.45) is 5.41 Å². The molecule has 2 amide bonds. The van der Waals surface area contributed by atoms with Gasteiger partial charge < -0.3 is 19.9 Å². The number of nitriles is 1. The second-order valence-corrected chi connectivity index (χ2v) is 15.0. The van der Waals surface area contributed by atoms with Crippen molar-refractivity contribution in [2.45, 2.75) is 91.2 Å². The maximum atomic E-state index is 13.0. The largest absolute Gasteiger partial charge is 0.444 e. The van der Waals surface area contributed by atoms with Gasteiger partial charge in [0.1, 0.15) is 28.6 Å². The summed E-state index contributed by atoms with van der Waals surface area (Å²) >= 11 is 0. The Morgan fingerprint density at radius 3 is 2.28 bits per heavy atom. The zero-order valence-electron chi connectivity index (χ0n) is 30.1. The number of nitrogens with zero attached hydrogens (tertiary/aromatic N) is 7. The van der Waals surface area contributed by atoms with Crippen molar-refractivity contribution in [1.82, 2.24) is 29.8 Å². The number of piperidine rings is 2. The lowest BCUT2D eigenvalue weighted by Gasteiger charge is -2.41. The number of nitrogens with one attached hydrogen (secondary N) is 1. The van der Waals surface area contributed by atoms with Crippen molar-refractivity contribution in [2.75, 3.05) is 31.1 Å². The highest BCUT2D eigenvalue weighted by Gasteiger charge is 2.40. The Hall–Kier alpha value is -4.98. The number of benzene rings is 1. The molecule has 262 valence electrons. The number of rotatable bonds is 7. The van der Waals surface area contributed by atoms with Crippen molar-refractivity contribution in [3.63, 3.8) is 0 Å². The first-order chi connectivity index (χ1) is 23.9. The Bertz CT molecular complexity index is 1870. The van der Waals surface area contributed by atoms with Crippen LogP contribution in [0.3, 0.4) is 0 Å². The molecule has 0 saturated carbocycles. The summed E-state index contributed by atoms with van der Waals surface area (Å²) in [6.07, 6.45) is 9.13. The number of fused-ring (bicyclic) bond motifs is 1. The van der Waals surface area contributed by atoms with Crippen molar-refractivity contribution in [3.05, 3.63) is 66.1 Å². The van der Waals surface area contributed by atoms with Crippen LogP contribution < -0.4 is 10.2 Å². The molecule has 3 aromatic heterocycles. The first kappa shape index (κ1) is 34.9. The van der Waals surface area contributed by atoms with E-state index < -0.39 is 5.60 Å². The van der Waals surface area contributed by atoms with Crippen LogP contribution in [-0.4, -0.2) is 74.3 Å². The van der Waals surface area contributed by atoms with Gasteiger partial charge >= 0.3 is 6.09 Å². The molecule has 0 unspecified atom stereocenters. The molecule has 0 bridgehead atoms. The number of likely N-dealkylation sites (tertiary alicyclic amines) is 1. The average Bonchev–Trinajstić information content (AvgIpc) is 3.54. The lowest BCUT2D eigenvalue weighted by molar-refractivity contribution is -0.133. The van der Waals surface area contributed by atoms with Crippen molar-refractivity contribution in [1.29, 1.82) is 5.26 Å². The van der Waals surface area contributed by atoms with Crippen LogP contribution in [0.15, 0.2) is 55.0 Å². The van der Waals surface area contributed by atoms with E-state index in [9.17, 15) is 14.9 Å². The summed E-state index contributed by atoms with van der Waals surface area (Å²) in [5.74, 6) is 1.37. The number of aromatic nitrogens is 4. The maximum absolute atomic E-state index is 13.0. The molecule has 0 radical (unpaired) electrons. The molecular formula is C39H48N8O3. The number of carbonyl (C=O) groups excluding carboxylic acids is 2. The monoisotopic (exact) mass is 676 g/mol. The topological polar surface area (TPSA) is 129 Å². The van der Waals surface area contributed by atoms with Crippen LogP contribution in [0.1, 0.15) is 90.7 Å². The van der Waals surface area contributed by atoms with E-state index >= 15 is 0 Å². The summed E-state index contributed by atoms with van der Waals surface area (Å²) in [7, 11) is 0. The summed E-state index contributed by atoms with van der Waals surface area (Å²) in [6, 6.07) is 14.8. The molecule has 2 aliphatic rings. The van der Waals surface area contributed by atoms with Gasteiger partial charge in [-0.3, -0.25) is 4.79 Å². The second-order valence-electron chi connectivity index (χ2n) is 15.0. The van der Waals surface area contributed by atoms with Gasteiger partial charge in [-0.15, -0.1) is 0 Å². The SMILES string of the molecule is CCC1(C(=O)NC(C)C)CCN(c2ccc(-c3nc(-c4ccc(C5CCN(C(=O)OC(C)(C)C)CC5)cc4)cn4ncc(C#N)c34)cn2)CC1. The van der Waals surface area contributed by atoms with Crippen molar-refractivity contribution < 1.29 is 14.3 Å². The highest BCUT2D eigenvalue weighted by Crippen LogP contribution is 2.37. The quantitative estimate of drug-likeness (QED) is 0.222. The Morgan fingerprint density at radius 2 is 1.70 bits per heavy atom. The van der Waals surface area contributed by atoms with Crippen LogP contribution in [0.2, 0.25) is 0 Å². The van der Waals surface area contributed by atoms with E-state index in [1.165, 1.54) is 5.56 Å². The predicted molar refractivity (Wildman–Crippen MR) is 194 cm³/mol. The minimum atomic E-state index is -0.503. The fourth-order valence-corrected chi connectivity index (χ4v) is 7.12. The van der Waals surface area contributed by atoms with Gasteiger partial charge in [-0.2, -0.15) is 10.4 Å². The molecule has 2 fully saturated rings. The number of hydrogen-bond acceptors (Lipinski definition) is 8. The molecular weight excluding hydrogens is 628 g/mol. The Balaban J connectivity index is 1.19. The summed E-state index contributed by atoms with van der Waals surface area (Å²) in [5.41, 5.74) is 4.59. The first-order valence-corrected chi connectivity index (χ1v) is 17.8. The summed E-state index contributed by atoms with van der Waals surface area (Å²) < 4.78 is 7.29. The van der Waals surface area contributed by atoms with E-state index in [1.54, 1.807) is 15.6 Å². The van der Waals surface area contributed by atoms with Gasteiger partial charge in [0.2, 0.25) is 5.91 Å². The highest BCUT2D eigenvalue weighted by molar-refractivity contribution is 5.84. The van der Waals surface area contributed by atoms with Gasteiger partial charge in [0, 0.05) is 49.5 Å². The molecule has 50 heavy (non-hydrogen) atoms. The van der Waals surface area contributed by atoms with Gasteiger partial charge in [-0.05, 0) is 90.3 Å². The third-order valence-electron chi connectivity index (χ3n) is 10.1. The highest BCUT2D eigenvalue weighted by atomic mass is 16.6. The van der Waals surface area contributed by atoms with Crippen LogP contribution in [0.5, 0.6) is 0 Å². The van der Waals surface area contributed by atoms with Crippen LogP contribution in [0.25, 0.3) is 28.0 Å². The zero-order chi connectivity index (χ0) is 35.6. The van der Waals surface area contributed by atoms with Gasteiger partial charge in [-0.1, -0.05) is 31.2 Å². The standard InChI is InChI=1S/C39H48N8O3/c1-7-39(36(48)43-26(2)3)16-20-45(21-17-39)33-13-12-30(23-41-33)34-35-31(22-40)24-42-47(35)25-32(44-34)29-10-8-27(9-11-29)28-14-18-46(19-15-28)37(49)50-38(4,5)6/h8-13,23-26,28H,7,14-21H2,1-6H3,(H,43,48). The minimum Gasteiger partial charge on any atom is -0.444 e. The predicted octanol–water partition coefficient (Wildman–Crippen LogP) is 6.97. The van der Waals surface area contributed by atoms with Crippen LogP contribution in [0, 0.1) is 16.7 Å². The van der Waals surface area contributed by atoms with E-state index in [1.807, 2.05) is 59.1 Å². The minimum absolute atomic E-state index is 0.121. The van der Waals surface area contributed by atoms with Crippen molar-refractivity contribution >= 4 is 23.3 Å². The van der Waals surface area contributed by atoms with Crippen LogP contribution in [-0.2, 0) is 9.53 Å². The molecule has 6 rings (SSSR count). The average molecular weight is 677 g/mol. The molecule has 1 N–H and O–H groups in total. The number of pyridine rings is 1. The molecule has 11 nitrogen and oxygen atoms in total. The van der Waals surface area contributed by atoms with Crippen LogP contribution in [0.4, 0.5) is 10.6 Å². The normalized spacial score (nSPS) is 16.8. The van der Waals surface area contributed by atoms with Crippen molar-refractivity contribution in [3.8, 4) is 28.6 Å². The van der Waals surface area contributed by atoms with Gasteiger partial charge in [0.25, 0.3) is 0 Å². The van der Waals surface area contributed by atoms with Crippen LogP contribution >= 0.6 is 0 Å². The Morgan fingerprint density at radius 1 is 1.02 bits per heavy atom. The van der Waals surface area contributed by atoms with E-state index in [0.29, 0.717) is 35.8 Å². The lowest BCUT2D eigenvalue weighted by atomic mass is 9.75. The number of carbonyl (C=O) groups is 2. The first-order valence-electron chi connectivity index (χ1n) is 17.8. The molecule has 2 aliphatic heterocycles. The molecule has 0 atom stereocenters. The number of amides is 2. The second kappa shape index (κ2) is 14.1. The van der Waals surface area contributed by atoms with E-state index in [2.05, 4.69) is 52.6 Å². The fraction of sp³-hybridized carbons (Fsp3) is 0.487. The molecule has 0 spiro atoms. The van der Waals surface area contributed by atoms with Gasteiger partial charge in [0.05, 0.1) is 29.2 Å². The molecule has 5 heterocycles. The van der Waals surface area contributed by atoms with Gasteiger partial charge in [0.15, 0.2) is 0 Å². The third-order valence-corrected chi connectivity index (χ3v) is 10.1.